The number of ether oxygens (including phenoxy) is 1. The Labute approximate surface area is 159 Å². The van der Waals surface area contributed by atoms with Gasteiger partial charge in [0.1, 0.15) is 0 Å². The zero-order chi connectivity index (χ0) is 18.6. The number of aliphatic hydroxyl groups is 1. The van der Waals surface area contributed by atoms with Crippen LogP contribution in [0.3, 0.4) is 0 Å². The summed E-state index contributed by atoms with van der Waals surface area (Å²) in [6, 6.07) is 0. The first kappa shape index (κ1) is 18.8. The minimum absolute atomic E-state index is 0.00613. The number of carbonyl (C=O) groups excluding carboxylic acids is 1. The van der Waals surface area contributed by atoms with E-state index in [0.717, 1.165) is 37.0 Å². The minimum atomic E-state index is -0.650. The first-order valence-corrected chi connectivity index (χ1v) is 11.2. The van der Waals surface area contributed by atoms with Crippen molar-refractivity contribution in [3.63, 3.8) is 0 Å². The molecule has 148 valence electrons. The summed E-state index contributed by atoms with van der Waals surface area (Å²) in [7, 11) is 0. The van der Waals surface area contributed by atoms with Gasteiger partial charge in [-0.3, -0.25) is 4.79 Å². The molecular formula is C23H38O3. The maximum atomic E-state index is 11.6. The monoisotopic (exact) mass is 362 g/mol. The van der Waals surface area contributed by atoms with Crippen LogP contribution in [0.4, 0.5) is 0 Å². The smallest absolute Gasteiger partial charge is 0.302 e. The molecule has 0 heterocycles. The second-order valence-corrected chi connectivity index (χ2v) is 10.5. The molecule has 7 atom stereocenters. The number of hydrogen-bond donors (Lipinski definition) is 1. The molecule has 3 nitrogen and oxygen atoms in total. The number of fused-ring (bicyclic) bond motifs is 5. The maximum absolute atomic E-state index is 11.6. The maximum Gasteiger partial charge on any atom is 0.302 e. The average Bonchev–Trinajstić information content (AvgIpc) is 2.85. The highest BCUT2D eigenvalue weighted by atomic mass is 16.5. The molecule has 0 spiro atoms. The molecule has 0 radical (unpaired) electrons. The van der Waals surface area contributed by atoms with Gasteiger partial charge in [0.2, 0.25) is 0 Å². The van der Waals surface area contributed by atoms with E-state index in [9.17, 15) is 9.90 Å². The summed E-state index contributed by atoms with van der Waals surface area (Å²) in [6.07, 6.45) is 13.6. The van der Waals surface area contributed by atoms with Crippen molar-refractivity contribution in [2.24, 2.45) is 34.5 Å². The molecule has 0 aromatic heterocycles. The van der Waals surface area contributed by atoms with Gasteiger partial charge >= 0.3 is 5.97 Å². The van der Waals surface area contributed by atoms with Crippen LogP contribution < -0.4 is 0 Å². The zero-order valence-corrected chi connectivity index (χ0v) is 17.1. The summed E-state index contributed by atoms with van der Waals surface area (Å²) in [6.45, 7) is 6.78. The largest absolute Gasteiger partial charge is 0.466 e. The van der Waals surface area contributed by atoms with Crippen molar-refractivity contribution in [2.75, 3.05) is 6.61 Å². The molecule has 4 aliphatic carbocycles. The molecular weight excluding hydrogens is 324 g/mol. The third kappa shape index (κ3) is 2.67. The Balaban J connectivity index is 1.53. The van der Waals surface area contributed by atoms with Gasteiger partial charge in [-0.2, -0.15) is 0 Å². The van der Waals surface area contributed by atoms with Gasteiger partial charge in [0, 0.05) is 13.3 Å². The molecule has 4 fully saturated rings. The van der Waals surface area contributed by atoms with Crippen molar-refractivity contribution in [1.29, 1.82) is 0 Å². The predicted molar refractivity (Wildman–Crippen MR) is 103 cm³/mol. The highest BCUT2D eigenvalue weighted by Crippen LogP contribution is 2.68. The van der Waals surface area contributed by atoms with Gasteiger partial charge < -0.3 is 9.84 Å². The Bertz CT molecular complexity index is 560. The Morgan fingerprint density at radius 2 is 1.77 bits per heavy atom. The fourth-order valence-corrected chi connectivity index (χ4v) is 8.18. The van der Waals surface area contributed by atoms with Gasteiger partial charge in [-0.25, -0.2) is 0 Å². The number of carbonyl (C=O) groups is 1. The van der Waals surface area contributed by atoms with Crippen molar-refractivity contribution in [1.82, 2.24) is 0 Å². The van der Waals surface area contributed by atoms with Gasteiger partial charge in [0.05, 0.1) is 12.2 Å². The molecule has 26 heavy (non-hydrogen) atoms. The lowest BCUT2D eigenvalue weighted by molar-refractivity contribution is -0.161. The molecule has 1 unspecified atom stereocenters. The molecule has 0 saturated heterocycles. The van der Waals surface area contributed by atoms with Crippen LogP contribution >= 0.6 is 0 Å². The third-order valence-electron chi connectivity index (χ3n) is 9.73. The van der Waals surface area contributed by atoms with Crippen LogP contribution in [-0.4, -0.2) is 23.3 Å². The molecule has 0 aromatic carbocycles. The summed E-state index contributed by atoms with van der Waals surface area (Å²) in [5.41, 5.74) is -0.0878. The van der Waals surface area contributed by atoms with Crippen LogP contribution in [0.1, 0.15) is 91.4 Å². The zero-order valence-electron chi connectivity index (χ0n) is 17.1. The Morgan fingerprint density at radius 1 is 1.00 bits per heavy atom. The summed E-state index contributed by atoms with van der Waals surface area (Å²) >= 11 is 0. The summed E-state index contributed by atoms with van der Waals surface area (Å²) in [5, 5.41) is 11.6. The topological polar surface area (TPSA) is 46.5 Å². The lowest BCUT2D eigenvalue weighted by atomic mass is 9.44. The van der Waals surface area contributed by atoms with Crippen LogP contribution in [0.25, 0.3) is 0 Å². The van der Waals surface area contributed by atoms with Gasteiger partial charge in [0.25, 0.3) is 0 Å². The third-order valence-corrected chi connectivity index (χ3v) is 9.73. The highest BCUT2D eigenvalue weighted by molar-refractivity contribution is 5.65. The molecule has 4 saturated carbocycles. The molecule has 4 rings (SSSR count). The standard InChI is InChI=1S/C23H38O3/c1-16(24)26-15-14-23(25)13-10-20-18-8-7-17-6-4-5-11-21(17,2)19(18)9-12-22(20,23)3/h17-20,25H,4-15H2,1-3H3/t17?,18-,19+,20+,21+,22+,23+/m1/s1. The predicted octanol–water partition coefficient (Wildman–Crippen LogP) is 5.10. The van der Waals surface area contributed by atoms with Crippen LogP contribution in [0.2, 0.25) is 0 Å². The van der Waals surface area contributed by atoms with E-state index in [-0.39, 0.29) is 11.4 Å². The lowest BCUT2D eigenvalue weighted by Gasteiger charge is -2.61. The van der Waals surface area contributed by atoms with Gasteiger partial charge in [-0.1, -0.05) is 26.7 Å². The highest BCUT2D eigenvalue weighted by Gasteiger charge is 2.64. The summed E-state index contributed by atoms with van der Waals surface area (Å²) in [4.78, 5) is 11.1. The van der Waals surface area contributed by atoms with Crippen molar-refractivity contribution in [2.45, 2.75) is 97.0 Å². The van der Waals surface area contributed by atoms with Crippen LogP contribution in [0, 0.1) is 34.5 Å². The molecule has 4 aliphatic rings. The van der Waals surface area contributed by atoms with Crippen LogP contribution in [0.5, 0.6) is 0 Å². The molecule has 0 amide bonds. The summed E-state index contributed by atoms with van der Waals surface area (Å²) in [5.74, 6) is 3.04. The van der Waals surface area contributed by atoms with Crippen molar-refractivity contribution in [3.05, 3.63) is 0 Å². The van der Waals surface area contributed by atoms with Crippen molar-refractivity contribution in [3.8, 4) is 0 Å². The van der Waals surface area contributed by atoms with Gasteiger partial charge in [0.15, 0.2) is 0 Å². The Morgan fingerprint density at radius 3 is 2.54 bits per heavy atom. The lowest BCUT2D eigenvalue weighted by Crippen LogP contribution is -2.56. The van der Waals surface area contributed by atoms with E-state index < -0.39 is 5.60 Å². The van der Waals surface area contributed by atoms with E-state index in [2.05, 4.69) is 13.8 Å². The average molecular weight is 363 g/mol. The van der Waals surface area contributed by atoms with E-state index in [4.69, 9.17) is 4.74 Å². The van der Waals surface area contributed by atoms with E-state index in [1.165, 1.54) is 51.9 Å². The normalized spacial score (nSPS) is 50.5. The first-order valence-electron chi connectivity index (χ1n) is 11.2. The van der Waals surface area contributed by atoms with Crippen molar-refractivity contribution < 1.29 is 14.6 Å². The quantitative estimate of drug-likeness (QED) is 0.710. The fourth-order valence-electron chi connectivity index (χ4n) is 8.18. The van der Waals surface area contributed by atoms with Gasteiger partial charge in [-0.15, -0.1) is 0 Å². The van der Waals surface area contributed by atoms with Crippen molar-refractivity contribution >= 4 is 5.97 Å². The number of esters is 1. The Kier molecular flexibility index (Phi) is 4.69. The number of hydrogen-bond acceptors (Lipinski definition) is 3. The molecule has 0 aromatic rings. The van der Waals surface area contributed by atoms with Crippen LogP contribution in [0.15, 0.2) is 0 Å². The molecule has 0 aliphatic heterocycles. The van der Waals surface area contributed by atoms with Gasteiger partial charge in [-0.05, 0) is 85.9 Å². The molecule has 1 N–H and O–H groups in total. The van der Waals surface area contributed by atoms with Crippen LogP contribution in [-0.2, 0) is 9.53 Å². The molecule has 3 heteroatoms. The fraction of sp³-hybridized carbons (Fsp3) is 0.957. The summed E-state index contributed by atoms with van der Waals surface area (Å²) < 4.78 is 5.19. The van der Waals surface area contributed by atoms with E-state index in [1.54, 1.807) is 0 Å². The first-order chi connectivity index (χ1) is 12.3. The SMILES string of the molecule is CC(=O)OCC[C@@]1(O)CC[C@H]2[C@@H]3CCC4CCCC[C@]4(C)[C@H]3CC[C@@]21C. The second kappa shape index (κ2) is 6.50. The molecule has 0 bridgehead atoms. The second-order valence-electron chi connectivity index (χ2n) is 10.5. The van der Waals surface area contributed by atoms with E-state index >= 15 is 0 Å². The Hall–Kier alpha value is -0.570. The number of rotatable bonds is 3. The van der Waals surface area contributed by atoms with E-state index in [1.807, 2.05) is 0 Å². The minimum Gasteiger partial charge on any atom is -0.466 e. The van der Waals surface area contributed by atoms with E-state index in [0.29, 0.717) is 24.4 Å².